The summed E-state index contributed by atoms with van der Waals surface area (Å²) in [6, 6.07) is 9.36. The van der Waals surface area contributed by atoms with Crippen LogP contribution in [-0.4, -0.2) is 49.3 Å². The Labute approximate surface area is 182 Å². The lowest BCUT2D eigenvalue weighted by Gasteiger charge is -2.29. The highest BCUT2D eigenvalue weighted by molar-refractivity contribution is 6.09. The lowest BCUT2D eigenvalue weighted by Crippen LogP contribution is -2.52. The van der Waals surface area contributed by atoms with E-state index in [1.807, 2.05) is 0 Å². The molecule has 4 heterocycles. The fourth-order valence-electron chi connectivity index (χ4n) is 4.04. The van der Waals surface area contributed by atoms with Gasteiger partial charge in [-0.05, 0) is 36.8 Å². The summed E-state index contributed by atoms with van der Waals surface area (Å²) in [5, 5.41) is 9.29. The first kappa shape index (κ1) is 19.6. The minimum Gasteiger partial charge on any atom is -0.322 e. The smallest absolute Gasteiger partial charge is 0.259 e. The summed E-state index contributed by atoms with van der Waals surface area (Å²) in [6.07, 6.45) is 5.31. The Morgan fingerprint density at radius 3 is 2.75 bits per heavy atom. The van der Waals surface area contributed by atoms with Gasteiger partial charge in [0.25, 0.3) is 11.8 Å². The third-order valence-electron chi connectivity index (χ3n) is 5.58. The highest BCUT2D eigenvalue weighted by atomic mass is 16.2. The van der Waals surface area contributed by atoms with E-state index in [0.29, 0.717) is 28.2 Å². The summed E-state index contributed by atoms with van der Waals surface area (Å²) in [7, 11) is 0. The lowest BCUT2D eigenvalue weighted by molar-refractivity contribution is -0.136. The number of nitrogens with zero attached hydrogens (tertiary/aromatic N) is 4. The van der Waals surface area contributed by atoms with Crippen molar-refractivity contribution < 1.29 is 19.2 Å². The number of carbonyl (C=O) groups is 4. The van der Waals surface area contributed by atoms with Gasteiger partial charge in [0.2, 0.25) is 11.8 Å². The molecule has 32 heavy (non-hydrogen) atoms. The summed E-state index contributed by atoms with van der Waals surface area (Å²) in [6.45, 7) is 0.163. The number of imide groups is 1. The molecule has 4 amide bonds. The Morgan fingerprint density at radius 2 is 1.97 bits per heavy atom. The van der Waals surface area contributed by atoms with Crippen LogP contribution in [0.25, 0.3) is 5.82 Å². The van der Waals surface area contributed by atoms with E-state index in [1.165, 1.54) is 9.58 Å². The maximum Gasteiger partial charge on any atom is 0.259 e. The number of amides is 4. The number of pyridine rings is 1. The van der Waals surface area contributed by atoms with Crippen molar-refractivity contribution in [3.05, 3.63) is 71.7 Å². The van der Waals surface area contributed by atoms with Crippen LogP contribution in [0.5, 0.6) is 0 Å². The number of piperidine rings is 1. The molecule has 160 valence electrons. The van der Waals surface area contributed by atoms with Gasteiger partial charge in [-0.2, -0.15) is 5.10 Å². The second-order valence-corrected chi connectivity index (χ2v) is 7.51. The Morgan fingerprint density at radius 1 is 1.09 bits per heavy atom. The monoisotopic (exact) mass is 430 g/mol. The SMILES string of the molecule is O=C1CCC(N2Cc3c(NC(=O)c4cccnc4-n4cccn4)cccc3C2=O)C(=O)N1. The van der Waals surface area contributed by atoms with Gasteiger partial charge in [0.05, 0.1) is 5.56 Å². The van der Waals surface area contributed by atoms with Crippen molar-refractivity contribution in [1.82, 2.24) is 25.0 Å². The molecular formula is C22H18N6O4. The van der Waals surface area contributed by atoms with E-state index in [9.17, 15) is 19.2 Å². The Kier molecular flexibility index (Phi) is 4.74. The van der Waals surface area contributed by atoms with Crippen LogP contribution in [0.2, 0.25) is 0 Å². The first-order valence-electron chi connectivity index (χ1n) is 10.1. The number of nitrogens with one attached hydrogen (secondary N) is 2. The van der Waals surface area contributed by atoms with Gasteiger partial charge in [0.15, 0.2) is 5.82 Å². The van der Waals surface area contributed by atoms with Gasteiger partial charge >= 0.3 is 0 Å². The van der Waals surface area contributed by atoms with Crippen LogP contribution in [0.4, 0.5) is 5.69 Å². The zero-order chi connectivity index (χ0) is 22.2. The van der Waals surface area contributed by atoms with Gasteiger partial charge in [-0.3, -0.25) is 24.5 Å². The van der Waals surface area contributed by atoms with Crippen molar-refractivity contribution in [2.24, 2.45) is 0 Å². The standard InChI is InChI=1S/C22H18N6O4/c29-18-8-7-17(21(31)26-18)27-12-15-13(22(27)32)4-1-6-16(15)25-20(30)14-5-2-9-23-19(14)28-11-3-10-24-28/h1-6,9-11,17H,7-8,12H2,(H,25,30)(H,26,29,31). The number of carbonyl (C=O) groups excluding carboxylic acids is 4. The predicted octanol–water partition coefficient (Wildman–Crippen LogP) is 1.28. The molecular weight excluding hydrogens is 412 g/mol. The first-order valence-corrected chi connectivity index (χ1v) is 10.1. The zero-order valence-corrected chi connectivity index (χ0v) is 16.8. The third-order valence-corrected chi connectivity index (χ3v) is 5.58. The average molecular weight is 430 g/mol. The second kappa shape index (κ2) is 7.73. The summed E-state index contributed by atoms with van der Waals surface area (Å²) >= 11 is 0. The second-order valence-electron chi connectivity index (χ2n) is 7.51. The van der Waals surface area contributed by atoms with Crippen molar-refractivity contribution >= 4 is 29.3 Å². The average Bonchev–Trinajstić information content (AvgIpc) is 3.43. The Bertz CT molecular complexity index is 1250. The number of rotatable bonds is 4. The lowest BCUT2D eigenvalue weighted by atomic mass is 10.0. The van der Waals surface area contributed by atoms with Crippen LogP contribution in [0.1, 0.15) is 39.1 Å². The van der Waals surface area contributed by atoms with Crippen LogP contribution in [0, 0.1) is 0 Å². The fraction of sp³-hybridized carbons (Fsp3) is 0.182. The van der Waals surface area contributed by atoms with Crippen molar-refractivity contribution in [2.45, 2.75) is 25.4 Å². The molecule has 2 aliphatic rings. The van der Waals surface area contributed by atoms with E-state index in [0.717, 1.165) is 0 Å². The number of fused-ring (bicyclic) bond motifs is 1. The molecule has 0 bridgehead atoms. The molecule has 0 radical (unpaired) electrons. The summed E-state index contributed by atoms with van der Waals surface area (Å²) in [4.78, 5) is 55.5. The highest BCUT2D eigenvalue weighted by Gasteiger charge is 2.40. The van der Waals surface area contributed by atoms with Crippen LogP contribution >= 0.6 is 0 Å². The maximum atomic E-state index is 13.1. The van der Waals surface area contributed by atoms with Gasteiger partial charge in [-0.1, -0.05) is 6.07 Å². The van der Waals surface area contributed by atoms with E-state index in [4.69, 9.17) is 0 Å². The van der Waals surface area contributed by atoms with E-state index < -0.39 is 17.9 Å². The molecule has 10 nitrogen and oxygen atoms in total. The molecule has 1 saturated heterocycles. The van der Waals surface area contributed by atoms with Crippen LogP contribution in [-0.2, 0) is 16.1 Å². The predicted molar refractivity (Wildman–Crippen MR) is 112 cm³/mol. The number of hydrogen-bond acceptors (Lipinski definition) is 6. The van der Waals surface area contributed by atoms with Crippen molar-refractivity contribution in [3.63, 3.8) is 0 Å². The van der Waals surface area contributed by atoms with Crippen LogP contribution < -0.4 is 10.6 Å². The molecule has 1 unspecified atom stereocenters. The minimum absolute atomic E-state index is 0.163. The fourth-order valence-corrected chi connectivity index (χ4v) is 4.04. The van der Waals surface area contributed by atoms with Crippen molar-refractivity contribution in [2.75, 3.05) is 5.32 Å². The molecule has 1 fully saturated rings. The molecule has 0 saturated carbocycles. The Balaban J connectivity index is 1.42. The van der Waals surface area contributed by atoms with Crippen LogP contribution in [0.3, 0.4) is 0 Å². The van der Waals surface area contributed by atoms with Crippen molar-refractivity contribution in [1.29, 1.82) is 0 Å². The summed E-state index contributed by atoms with van der Waals surface area (Å²) in [5.41, 5.74) is 1.84. The third kappa shape index (κ3) is 3.31. The minimum atomic E-state index is -0.721. The highest BCUT2D eigenvalue weighted by Crippen LogP contribution is 2.32. The summed E-state index contributed by atoms with van der Waals surface area (Å²) in [5.74, 6) is -1.14. The zero-order valence-electron chi connectivity index (χ0n) is 16.8. The molecule has 0 spiro atoms. The van der Waals surface area contributed by atoms with Gasteiger partial charge in [-0.15, -0.1) is 0 Å². The van der Waals surface area contributed by atoms with E-state index in [2.05, 4.69) is 20.7 Å². The van der Waals surface area contributed by atoms with Gasteiger partial charge in [0, 0.05) is 48.4 Å². The molecule has 10 heteroatoms. The molecule has 3 aromatic rings. The van der Waals surface area contributed by atoms with E-state index in [-0.39, 0.29) is 31.2 Å². The largest absolute Gasteiger partial charge is 0.322 e. The van der Waals surface area contributed by atoms with Crippen LogP contribution in [0.15, 0.2) is 55.0 Å². The molecule has 2 aromatic heterocycles. The molecule has 0 aliphatic carbocycles. The van der Waals surface area contributed by atoms with Gasteiger partial charge in [-0.25, -0.2) is 9.67 Å². The molecule has 1 atom stereocenters. The molecule has 2 N–H and O–H groups in total. The number of benzene rings is 1. The number of aromatic nitrogens is 3. The number of hydrogen-bond donors (Lipinski definition) is 2. The first-order chi connectivity index (χ1) is 15.5. The van der Waals surface area contributed by atoms with Gasteiger partial charge in [0.1, 0.15) is 6.04 Å². The normalized spacial score (nSPS) is 17.8. The Hall–Kier alpha value is -4.34. The van der Waals surface area contributed by atoms with E-state index >= 15 is 0 Å². The van der Waals surface area contributed by atoms with E-state index in [1.54, 1.807) is 55.0 Å². The maximum absolute atomic E-state index is 13.1. The number of anilines is 1. The van der Waals surface area contributed by atoms with Crippen molar-refractivity contribution in [3.8, 4) is 5.82 Å². The molecule has 1 aromatic carbocycles. The van der Waals surface area contributed by atoms with Gasteiger partial charge < -0.3 is 10.2 Å². The molecule has 2 aliphatic heterocycles. The topological polar surface area (TPSA) is 126 Å². The summed E-state index contributed by atoms with van der Waals surface area (Å²) < 4.78 is 1.50. The quantitative estimate of drug-likeness (QED) is 0.601. The molecule has 5 rings (SSSR count).